The van der Waals surface area contributed by atoms with Crippen LogP contribution in [0.25, 0.3) is 5.69 Å². The van der Waals surface area contributed by atoms with Crippen LogP contribution in [-0.2, 0) is 16.0 Å². The van der Waals surface area contributed by atoms with Crippen LogP contribution in [-0.4, -0.2) is 76.3 Å². The Hall–Kier alpha value is -2.78. The van der Waals surface area contributed by atoms with Gasteiger partial charge in [-0.25, -0.2) is 4.68 Å². The SMILES string of the molecule is COCCCCc1c(C(=O)N(CC(C)C)[C@@H]2CNC[C@H](C(=O)O)C2)nnn1-c1ccccc1C. The maximum atomic E-state index is 13.9. The van der Waals surface area contributed by atoms with Gasteiger partial charge in [-0.05, 0) is 50.2 Å². The van der Waals surface area contributed by atoms with E-state index in [1.807, 2.05) is 31.2 Å². The number of aliphatic carboxylic acids is 1. The van der Waals surface area contributed by atoms with Crippen LogP contribution < -0.4 is 5.32 Å². The average Bonchev–Trinajstić information content (AvgIpc) is 3.23. The fourth-order valence-corrected chi connectivity index (χ4v) is 4.50. The zero-order valence-electron chi connectivity index (χ0n) is 20.7. The number of carbonyl (C=O) groups excluding carboxylic acids is 1. The third kappa shape index (κ3) is 6.21. The summed E-state index contributed by atoms with van der Waals surface area (Å²) in [6.45, 7) is 8.29. The maximum absolute atomic E-state index is 13.9. The summed E-state index contributed by atoms with van der Waals surface area (Å²) in [5.41, 5.74) is 3.07. The molecule has 0 aliphatic carbocycles. The molecule has 1 saturated heterocycles. The Morgan fingerprint density at radius 2 is 2.03 bits per heavy atom. The number of carboxylic acids is 1. The molecular formula is C25H37N5O4. The van der Waals surface area contributed by atoms with Crippen LogP contribution in [0.3, 0.4) is 0 Å². The largest absolute Gasteiger partial charge is 0.481 e. The topological polar surface area (TPSA) is 110 Å². The highest BCUT2D eigenvalue weighted by molar-refractivity contribution is 5.93. The summed E-state index contributed by atoms with van der Waals surface area (Å²) in [5.74, 6) is -1.31. The van der Waals surface area contributed by atoms with Crippen LogP contribution in [0.4, 0.5) is 0 Å². The Morgan fingerprint density at radius 1 is 1.26 bits per heavy atom. The third-order valence-electron chi connectivity index (χ3n) is 6.26. The first-order valence-electron chi connectivity index (χ1n) is 12.1. The summed E-state index contributed by atoms with van der Waals surface area (Å²) in [4.78, 5) is 27.3. The van der Waals surface area contributed by atoms with Crippen molar-refractivity contribution in [1.29, 1.82) is 0 Å². The van der Waals surface area contributed by atoms with E-state index in [0.29, 0.717) is 44.8 Å². The van der Waals surface area contributed by atoms with Crippen molar-refractivity contribution in [3.63, 3.8) is 0 Å². The van der Waals surface area contributed by atoms with Crippen molar-refractivity contribution in [2.24, 2.45) is 11.8 Å². The number of nitrogens with one attached hydrogen (secondary N) is 1. The lowest BCUT2D eigenvalue weighted by Gasteiger charge is -2.37. The number of rotatable bonds is 11. The van der Waals surface area contributed by atoms with Crippen molar-refractivity contribution >= 4 is 11.9 Å². The van der Waals surface area contributed by atoms with Gasteiger partial charge in [-0.3, -0.25) is 9.59 Å². The third-order valence-corrected chi connectivity index (χ3v) is 6.26. The number of aromatic nitrogens is 3. The number of benzene rings is 1. The molecule has 0 spiro atoms. The summed E-state index contributed by atoms with van der Waals surface area (Å²) < 4.78 is 6.98. The minimum atomic E-state index is -0.835. The number of nitrogens with zero attached hydrogens (tertiary/aromatic N) is 4. The van der Waals surface area contributed by atoms with Gasteiger partial charge in [0.15, 0.2) is 5.69 Å². The van der Waals surface area contributed by atoms with E-state index in [4.69, 9.17) is 4.74 Å². The van der Waals surface area contributed by atoms with E-state index in [2.05, 4.69) is 29.5 Å². The van der Waals surface area contributed by atoms with Gasteiger partial charge in [-0.1, -0.05) is 37.3 Å². The van der Waals surface area contributed by atoms with Crippen molar-refractivity contribution < 1.29 is 19.4 Å². The normalized spacial score (nSPS) is 18.3. The Balaban J connectivity index is 1.96. The van der Waals surface area contributed by atoms with Crippen LogP contribution in [0.5, 0.6) is 0 Å². The lowest BCUT2D eigenvalue weighted by molar-refractivity contribution is -0.142. The molecule has 9 heteroatoms. The van der Waals surface area contributed by atoms with Gasteiger partial charge in [0.2, 0.25) is 0 Å². The maximum Gasteiger partial charge on any atom is 0.307 e. The first kappa shape index (κ1) is 25.8. The number of para-hydroxylation sites is 1. The van der Waals surface area contributed by atoms with Gasteiger partial charge in [0.25, 0.3) is 5.91 Å². The second-order valence-electron chi connectivity index (χ2n) is 9.47. The van der Waals surface area contributed by atoms with Crippen LogP contribution in [0.15, 0.2) is 24.3 Å². The predicted octanol–water partition coefficient (Wildman–Crippen LogP) is 2.71. The number of carboxylic acid groups (broad SMARTS) is 1. The molecule has 0 unspecified atom stereocenters. The Labute approximate surface area is 201 Å². The van der Waals surface area contributed by atoms with E-state index < -0.39 is 11.9 Å². The lowest BCUT2D eigenvalue weighted by Crippen LogP contribution is -2.53. The Morgan fingerprint density at radius 3 is 2.71 bits per heavy atom. The molecule has 2 aromatic rings. The summed E-state index contributed by atoms with van der Waals surface area (Å²) in [7, 11) is 1.68. The van der Waals surface area contributed by atoms with Gasteiger partial charge in [0.1, 0.15) is 0 Å². The van der Waals surface area contributed by atoms with E-state index in [0.717, 1.165) is 29.8 Å². The van der Waals surface area contributed by atoms with Gasteiger partial charge in [0.05, 0.1) is 17.3 Å². The molecule has 2 atom stereocenters. The second-order valence-corrected chi connectivity index (χ2v) is 9.47. The van der Waals surface area contributed by atoms with Gasteiger partial charge in [-0.2, -0.15) is 0 Å². The predicted molar refractivity (Wildman–Crippen MR) is 129 cm³/mol. The number of hydrogen-bond donors (Lipinski definition) is 2. The quantitative estimate of drug-likeness (QED) is 0.485. The summed E-state index contributed by atoms with van der Waals surface area (Å²) in [6.07, 6.45) is 2.77. The van der Waals surface area contributed by atoms with Gasteiger partial charge >= 0.3 is 5.97 Å². The zero-order valence-corrected chi connectivity index (χ0v) is 20.7. The minimum absolute atomic E-state index is 0.187. The standard InChI is InChI=1S/C25H37N5O4/c1-17(2)16-29(20-13-19(25(32)33)14-26-15-20)24(31)23-22(11-7-8-12-34-4)30(28-27-23)21-10-6-5-9-18(21)3/h5-6,9-10,17,19-20,26H,7-8,11-16H2,1-4H3,(H,32,33)/t19-,20+/m1/s1. The van der Waals surface area contributed by atoms with Crippen LogP contribution in [0.2, 0.25) is 0 Å². The fraction of sp³-hybridized carbons (Fsp3) is 0.600. The lowest BCUT2D eigenvalue weighted by atomic mass is 9.94. The first-order chi connectivity index (χ1) is 16.3. The monoisotopic (exact) mass is 471 g/mol. The first-order valence-corrected chi connectivity index (χ1v) is 12.1. The molecule has 34 heavy (non-hydrogen) atoms. The Bertz CT molecular complexity index is 974. The molecule has 9 nitrogen and oxygen atoms in total. The molecule has 2 heterocycles. The van der Waals surface area contributed by atoms with Crippen molar-refractivity contribution in [3.05, 3.63) is 41.2 Å². The number of aryl methyl sites for hydroxylation is 1. The molecule has 186 valence electrons. The molecule has 1 aliphatic rings. The van der Waals surface area contributed by atoms with E-state index >= 15 is 0 Å². The van der Waals surface area contributed by atoms with Gasteiger partial charge in [0, 0.05) is 39.4 Å². The van der Waals surface area contributed by atoms with E-state index in [9.17, 15) is 14.7 Å². The molecule has 1 aromatic carbocycles. The van der Waals surface area contributed by atoms with Crippen LogP contribution >= 0.6 is 0 Å². The number of methoxy groups -OCH3 is 1. The highest BCUT2D eigenvalue weighted by Crippen LogP contribution is 2.24. The highest BCUT2D eigenvalue weighted by Gasteiger charge is 2.35. The summed E-state index contributed by atoms with van der Waals surface area (Å²) in [6, 6.07) is 7.70. The number of unbranched alkanes of at least 4 members (excludes halogenated alkanes) is 1. The number of piperidine rings is 1. The van der Waals surface area contributed by atoms with E-state index in [1.165, 1.54) is 0 Å². The van der Waals surface area contributed by atoms with E-state index in [-0.39, 0.29) is 17.9 Å². The second kappa shape index (κ2) is 12.1. The fourth-order valence-electron chi connectivity index (χ4n) is 4.50. The summed E-state index contributed by atoms with van der Waals surface area (Å²) >= 11 is 0. The molecule has 3 rings (SSSR count). The molecule has 2 N–H and O–H groups in total. The molecule has 1 amide bonds. The molecule has 0 bridgehead atoms. The van der Waals surface area contributed by atoms with Gasteiger partial charge < -0.3 is 20.1 Å². The number of ether oxygens (including phenoxy) is 1. The highest BCUT2D eigenvalue weighted by atomic mass is 16.5. The minimum Gasteiger partial charge on any atom is -0.481 e. The number of carbonyl (C=O) groups is 2. The number of hydrogen-bond acceptors (Lipinski definition) is 6. The Kier molecular flexibility index (Phi) is 9.18. The molecule has 0 saturated carbocycles. The van der Waals surface area contributed by atoms with Crippen LogP contribution in [0, 0.1) is 18.8 Å². The van der Waals surface area contributed by atoms with Crippen molar-refractivity contribution in [2.75, 3.05) is 33.4 Å². The van der Waals surface area contributed by atoms with Crippen molar-refractivity contribution in [2.45, 2.75) is 52.5 Å². The molecule has 1 fully saturated rings. The van der Waals surface area contributed by atoms with Crippen molar-refractivity contribution in [1.82, 2.24) is 25.2 Å². The molecule has 1 aromatic heterocycles. The molecule has 0 radical (unpaired) electrons. The smallest absolute Gasteiger partial charge is 0.307 e. The average molecular weight is 472 g/mol. The number of amides is 1. The molecule has 1 aliphatic heterocycles. The molecular weight excluding hydrogens is 434 g/mol. The van der Waals surface area contributed by atoms with Crippen molar-refractivity contribution in [3.8, 4) is 5.69 Å². The zero-order chi connectivity index (χ0) is 24.7. The van der Waals surface area contributed by atoms with Crippen LogP contribution in [0.1, 0.15) is 54.9 Å². The summed E-state index contributed by atoms with van der Waals surface area (Å²) in [5, 5.41) is 21.5. The van der Waals surface area contributed by atoms with E-state index in [1.54, 1.807) is 16.7 Å². The van der Waals surface area contributed by atoms with Gasteiger partial charge in [-0.15, -0.1) is 5.10 Å².